The maximum atomic E-state index is 12.9. The molecule has 2 amide bonds. The lowest BCUT2D eigenvalue weighted by Gasteiger charge is -2.38. The molecule has 1 N–H and O–H groups in total. The summed E-state index contributed by atoms with van der Waals surface area (Å²) in [5, 5.41) is 2.93. The predicted octanol–water partition coefficient (Wildman–Crippen LogP) is 2.18. The normalized spacial score (nSPS) is 24.4. The summed E-state index contributed by atoms with van der Waals surface area (Å²) in [5.41, 5.74) is -0.939. The summed E-state index contributed by atoms with van der Waals surface area (Å²) in [7, 11) is 0. The molecule has 0 spiro atoms. The van der Waals surface area contributed by atoms with Crippen LogP contribution in [0.4, 0.5) is 23.8 Å². The molecular formula is C15H20F3N5O. The zero-order valence-electron chi connectivity index (χ0n) is 13.8. The van der Waals surface area contributed by atoms with Gasteiger partial charge in [0.1, 0.15) is 17.3 Å². The maximum absolute atomic E-state index is 12.9. The molecule has 1 aromatic heterocycles. The average molecular weight is 343 g/mol. The minimum atomic E-state index is -4.50. The van der Waals surface area contributed by atoms with Crippen LogP contribution in [0.5, 0.6) is 0 Å². The van der Waals surface area contributed by atoms with Gasteiger partial charge in [0, 0.05) is 25.2 Å². The number of nitrogens with one attached hydrogen (secondary N) is 1. The lowest BCUT2D eigenvalue weighted by molar-refractivity contribution is -0.141. The van der Waals surface area contributed by atoms with Crippen molar-refractivity contribution < 1.29 is 18.0 Å². The number of rotatable bonds is 2. The third-order valence-electron chi connectivity index (χ3n) is 4.47. The summed E-state index contributed by atoms with van der Waals surface area (Å²) in [6.07, 6.45) is -3.82. The number of nitrogens with zero attached hydrogens (tertiary/aromatic N) is 4. The molecule has 0 bridgehead atoms. The molecule has 2 aliphatic rings. The number of aromatic nitrogens is 2. The van der Waals surface area contributed by atoms with Gasteiger partial charge in [-0.25, -0.2) is 14.8 Å². The first-order chi connectivity index (χ1) is 11.2. The highest BCUT2D eigenvalue weighted by molar-refractivity contribution is 5.78. The standard InChI is InChI=1S/C15H20F3N5O/c1-8(2)23-11-4-5-22(7-10(11)21-14(23)24)13-6-12(15(16,17)18)19-9(3)20-13/h6,8,10-11H,4-5,7H2,1-3H3,(H,21,24)/t10-,11+/m1/s1. The molecule has 2 fully saturated rings. The molecule has 0 unspecified atom stereocenters. The second-order valence-electron chi connectivity index (χ2n) is 6.52. The molecule has 2 aliphatic heterocycles. The molecule has 24 heavy (non-hydrogen) atoms. The largest absolute Gasteiger partial charge is 0.433 e. The number of halogens is 3. The molecule has 2 atom stereocenters. The topological polar surface area (TPSA) is 61.4 Å². The highest BCUT2D eigenvalue weighted by Gasteiger charge is 2.44. The monoisotopic (exact) mass is 343 g/mol. The van der Waals surface area contributed by atoms with Crippen molar-refractivity contribution in [3.8, 4) is 0 Å². The van der Waals surface area contributed by atoms with Crippen molar-refractivity contribution in [2.24, 2.45) is 0 Å². The van der Waals surface area contributed by atoms with Crippen LogP contribution < -0.4 is 10.2 Å². The lowest BCUT2D eigenvalue weighted by atomic mass is 9.99. The van der Waals surface area contributed by atoms with E-state index in [0.29, 0.717) is 19.5 Å². The number of amides is 2. The number of carbonyl (C=O) groups excluding carboxylic acids is 1. The third-order valence-corrected chi connectivity index (χ3v) is 4.47. The minimum Gasteiger partial charge on any atom is -0.354 e. The number of piperidine rings is 1. The summed E-state index contributed by atoms with van der Waals surface area (Å²) in [6, 6.07) is 0.906. The highest BCUT2D eigenvalue weighted by Crippen LogP contribution is 2.32. The van der Waals surface area contributed by atoms with Crippen molar-refractivity contribution >= 4 is 11.8 Å². The van der Waals surface area contributed by atoms with Crippen LogP contribution in [0.25, 0.3) is 0 Å². The number of alkyl halides is 3. The van der Waals surface area contributed by atoms with Crippen LogP contribution in [0.3, 0.4) is 0 Å². The van der Waals surface area contributed by atoms with Gasteiger partial charge in [-0.2, -0.15) is 13.2 Å². The van der Waals surface area contributed by atoms with Crippen LogP contribution in [0.1, 0.15) is 31.8 Å². The SMILES string of the molecule is Cc1nc(N2CC[C@H]3[C@@H](C2)NC(=O)N3C(C)C)cc(C(F)(F)F)n1. The van der Waals surface area contributed by atoms with Crippen molar-refractivity contribution in [2.75, 3.05) is 18.0 Å². The molecule has 9 heteroatoms. The molecule has 0 aliphatic carbocycles. The van der Waals surface area contributed by atoms with E-state index in [9.17, 15) is 18.0 Å². The van der Waals surface area contributed by atoms with Gasteiger partial charge in [-0.1, -0.05) is 0 Å². The molecule has 132 valence electrons. The molecule has 1 aromatic rings. The summed E-state index contributed by atoms with van der Waals surface area (Å²) in [4.78, 5) is 23.3. The Morgan fingerprint density at radius 2 is 2.04 bits per heavy atom. The van der Waals surface area contributed by atoms with E-state index < -0.39 is 11.9 Å². The first-order valence-electron chi connectivity index (χ1n) is 7.93. The van der Waals surface area contributed by atoms with Gasteiger partial charge in [-0.3, -0.25) is 0 Å². The van der Waals surface area contributed by atoms with Gasteiger partial charge >= 0.3 is 12.2 Å². The molecule has 2 saturated heterocycles. The number of fused-ring (bicyclic) bond motifs is 1. The third kappa shape index (κ3) is 2.99. The zero-order chi connectivity index (χ0) is 17.6. The number of carbonyl (C=O) groups is 1. The fourth-order valence-corrected chi connectivity index (χ4v) is 3.48. The van der Waals surface area contributed by atoms with E-state index in [1.165, 1.54) is 6.92 Å². The molecule has 0 aromatic carbocycles. The van der Waals surface area contributed by atoms with Gasteiger partial charge in [-0.05, 0) is 27.2 Å². The number of hydrogen-bond donors (Lipinski definition) is 1. The first-order valence-corrected chi connectivity index (χ1v) is 7.93. The molecular weight excluding hydrogens is 323 g/mol. The van der Waals surface area contributed by atoms with Gasteiger partial charge in [-0.15, -0.1) is 0 Å². The van der Waals surface area contributed by atoms with E-state index in [0.717, 1.165) is 6.07 Å². The van der Waals surface area contributed by atoms with E-state index in [1.807, 2.05) is 18.7 Å². The van der Waals surface area contributed by atoms with E-state index in [-0.39, 0.29) is 35.8 Å². The van der Waals surface area contributed by atoms with Gasteiger partial charge < -0.3 is 15.1 Å². The lowest BCUT2D eigenvalue weighted by Crippen LogP contribution is -2.52. The van der Waals surface area contributed by atoms with Crippen LogP contribution >= 0.6 is 0 Å². The molecule has 6 nitrogen and oxygen atoms in total. The Labute approximate surface area is 138 Å². The number of aryl methyl sites for hydroxylation is 1. The Kier molecular flexibility index (Phi) is 4.05. The summed E-state index contributed by atoms with van der Waals surface area (Å²) >= 11 is 0. The van der Waals surface area contributed by atoms with Crippen molar-refractivity contribution in [2.45, 2.75) is 51.5 Å². The van der Waals surface area contributed by atoms with E-state index in [2.05, 4.69) is 15.3 Å². The van der Waals surface area contributed by atoms with Crippen molar-refractivity contribution in [3.05, 3.63) is 17.6 Å². The van der Waals surface area contributed by atoms with E-state index in [4.69, 9.17) is 0 Å². The quantitative estimate of drug-likeness (QED) is 0.894. The first kappa shape index (κ1) is 16.8. The van der Waals surface area contributed by atoms with Gasteiger partial charge in [0.25, 0.3) is 0 Å². The van der Waals surface area contributed by atoms with Crippen LogP contribution in [0, 0.1) is 6.92 Å². The Hall–Kier alpha value is -2.06. The minimum absolute atomic E-state index is 0.0683. The molecule has 0 radical (unpaired) electrons. The Morgan fingerprint density at radius 1 is 1.33 bits per heavy atom. The van der Waals surface area contributed by atoms with E-state index in [1.54, 1.807) is 4.90 Å². The number of urea groups is 1. The van der Waals surface area contributed by atoms with E-state index >= 15 is 0 Å². The summed E-state index contributed by atoms with van der Waals surface area (Å²) < 4.78 is 38.8. The van der Waals surface area contributed by atoms with Gasteiger partial charge in [0.2, 0.25) is 0 Å². The van der Waals surface area contributed by atoms with Crippen LogP contribution in [-0.4, -0.2) is 52.1 Å². The second-order valence-corrected chi connectivity index (χ2v) is 6.52. The zero-order valence-corrected chi connectivity index (χ0v) is 13.8. The van der Waals surface area contributed by atoms with Crippen molar-refractivity contribution in [1.82, 2.24) is 20.2 Å². The fraction of sp³-hybridized carbons (Fsp3) is 0.667. The molecule has 0 saturated carbocycles. The molecule has 3 heterocycles. The van der Waals surface area contributed by atoms with Crippen molar-refractivity contribution in [3.63, 3.8) is 0 Å². The Balaban J connectivity index is 1.82. The predicted molar refractivity (Wildman–Crippen MR) is 81.7 cm³/mol. The van der Waals surface area contributed by atoms with Crippen LogP contribution in [0.2, 0.25) is 0 Å². The van der Waals surface area contributed by atoms with Crippen molar-refractivity contribution in [1.29, 1.82) is 0 Å². The second kappa shape index (κ2) is 5.78. The highest BCUT2D eigenvalue weighted by atomic mass is 19.4. The Morgan fingerprint density at radius 3 is 2.67 bits per heavy atom. The molecule has 3 rings (SSSR count). The summed E-state index contributed by atoms with van der Waals surface area (Å²) in [5.74, 6) is 0.340. The van der Waals surface area contributed by atoms with Gasteiger partial charge in [0.15, 0.2) is 0 Å². The van der Waals surface area contributed by atoms with Crippen LogP contribution in [-0.2, 0) is 6.18 Å². The maximum Gasteiger partial charge on any atom is 0.433 e. The Bertz CT molecular complexity index is 648. The summed E-state index contributed by atoms with van der Waals surface area (Å²) in [6.45, 7) is 6.35. The van der Waals surface area contributed by atoms with Crippen LogP contribution in [0.15, 0.2) is 6.07 Å². The number of hydrogen-bond acceptors (Lipinski definition) is 4. The van der Waals surface area contributed by atoms with Gasteiger partial charge in [0.05, 0.1) is 12.1 Å². The smallest absolute Gasteiger partial charge is 0.354 e. The number of anilines is 1. The fourth-order valence-electron chi connectivity index (χ4n) is 3.48. The average Bonchev–Trinajstić information content (AvgIpc) is 2.80.